The highest BCUT2D eigenvalue weighted by molar-refractivity contribution is 5.93. The van der Waals surface area contributed by atoms with E-state index in [4.69, 9.17) is 9.47 Å². The molecule has 2 aliphatic rings. The first kappa shape index (κ1) is 16.0. The van der Waals surface area contributed by atoms with Gasteiger partial charge in [0.2, 0.25) is 0 Å². The molecule has 1 aromatic heterocycles. The summed E-state index contributed by atoms with van der Waals surface area (Å²) in [5.41, 5.74) is 2.22. The van der Waals surface area contributed by atoms with Crippen molar-refractivity contribution in [3.05, 3.63) is 41.2 Å². The number of benzene rings is 1. The maximum Gasteiger partial charge on any atom is 0.276 e. The third kappa shape index (κ3) is 3.10. The van der Waals surface area contributed by atoms with Gasteiger partial charge in [-0.15, -0.1) is 5.10 Å². The van der Waals surface area contributed by atoms with E-state index in [-0.39, 0.29) is 12.0 Å². The maximum absolute atomic E-state index is 12.7. The number of rotatable bonds is 3. The molecule has 1 amide bonds. The molecule has 0 aliphatic carbocycles. The molecule has 25 heavy (non-hydrogen) atoms. The molecule has 2 aromatic rings. The zero-order chi connectivity index (χ0) is 17.2. The van der Waals surface area contributed by atoms with Crippen LogP contribution in [0.15, 0.2) is 24.3 Å². The third-order valence-electron chi connectivity index (χ3n) is 4.69. The van der Waals surface area contributed by atoms with Crippen LogP contribution in [0.25, 0.3) is 0 Å². The number of fused-ring (bicyclic) bond motifs is 1. The van der Waals surface area contributed by atoms with Crippen LogP contribution < -0.4 is 10.1 Å². The Labute approximate surface area is 145 Å². The van der Waals surface area contributed by atoms with Gasteiger partial charge >= 0.3 is 0 Å². The van der Waals surface area contributed by atoms with Gasteiger partial charge in [-0.25, -0.2) is 4.68 Å². The number of hydrogen-bond acceptors (Lipinski definition) is 6. The Balaban J connectivity index is 1.50. The number of aromatic nitrogens is 3. The van der Waals surface area contributed by atoms with Gasteiger partial charge in [0.25, 0.3) is 5.91 Å². The fourth-order valence-electron chi connectivity index (χ4n) is 3.22. The fourth-order valence-corrected chi connectivity index (χ4v) is 3.22. The summed E-state index contributed by atoms with van der Waals surface area (Å²) in [6.07, 6.45) is -0.109. The summed E-state index contributed by atoms with van der Waals surface area (Å²) < 4.78 is 12.9. The molecule has 3 heterocycles. The van der Waals surface area contributed by atoms with Gasteiger partial charge in [0.15, 0.2) is 5.69 Å². The van der Waals surface area contributed by atoms with E-state index in [0.29, 0.717) is 31.9 Å². The highest BCUT2D eigenvalue weighted by Crippen LogP contribution is 2.28. The summed E-state index contributed by atoms with van der Waals surface area (Å²) in [4.78, 5) is 14.5. The van der Waals surface area contributed by atoms with Crippen molar-refractivity contribution in [1.82, 2.24) is 25.2 Å². The standard InChI is InChI=1S/C17H21N5O3/c1-24-13-4-2-12(3-5-13)15-10-22-14(11-25-15)16(19-20-22)17(23)21-8-6-18-7-9-21/h2-5,15,18H,6-11H2,1H3/t15-/m0/s1. The first-order valence-corrected chi connectivity index (χ1v) is 8.44. The van der Waals surface area contributed by atoms with E-state index in [1.165, 1.54) is 0 Å². The molecular weight excluding hydrogens is 322 g/mol. The van der Waals surface area contributed by atoms with Crippen LogP contribution in [0.1, 0.15) is 27.8 Å². The van der Waals surface area contributed by atoms with E-state index in [2.05, 4.69) is 15.6 Å². The number of carbonyl (C=O) groups is 1. The summed E-state index contributed by atoms with van der Waals surface area (Å²) in [5, 5.41) is 11.6. The minimum Gasteiger partial charge on any atom is -0.497 e. The zero-order valence-electron chi connectivity index (χ0n) is 14.1. The van der Waals surface area contributed by atoms with Crippen molar-refractivity contribution in [3.8, 4) is 5.75 Å². The molecule has 0 radical (unpaired) electrons. The second-order valence-electron chi connectivity index (χ2n) is 6.18. The Bertz CT molecular complexity index is 752. The van der Waals surface area contributed by atoms with Gasteiger partial charge in [0, 0.05) is 26.2 Å². The van der Waals surface area contributed by atoms with Crippen LogP contribution in [0.5, 0.6) is 5.75 Å². The molecule has 0 spiro atoms. The molecule has 8 nitrogen and oxygen atoms in total. The van der Waals surface area contributed by atoms with Gasteiger partial charge in [-0.05, 0) is 17.7 Å². The van der Waals surface area contributed by atoms with Crippen LogP contribution in [0, 0.1) is 0 Å². The second-order valence-corrected chi connectivity index (χ2v) is 6.18. The van der Waals surface area contributed by atoms with Crippen LogP contribution in [0.2, 0.25) is 0 Å². The van der Waals surface area contributed by atoms with E-state index in [1.54, 1.807) is 11.8 Å². The molecule has 4 rings (SSSR count). The largest absolute Gasteiger partial charge is 0.497 e. The topological polar surface area (TPSA) is 81.5 Å². The zero-order valence-corrected chi connectivity index (χ0v) is 14.1. The lowest BCUT2D eigenvalue weighted by molar-refractivity contribution is -0.00199. The lowest BCUT2D eigenvalue weighted by atomic mass is 10.1. The Morgan fingerprint density at radius 1 is 1.28 bits per heavy atom. The Morgan fingerprint density at radius 3 is 2.76 bits per heavy atom. The summed E-state index contributed by atoms with van der Waals surface area (Å²) in [5.74, 6) is 0.749. The molecule has 1 aromatic carbocycles. The van der Waals surface area contributed by atoms with Crippen LogP contribution in [-0.2, 0) is 17.9 Å². The number of nitrogens with zero attached hydrogens (tertiary/aromatic N) is 4. The molecule has 0 unspecified atom stereocenters. The Morgan fingerprint density at radius 2 is 2.04 bits per heavy atom. The van der Waals surface area contributed by atoms with Crippen molar-refractivity contribution >= 4 is 5.91 Å². The Kier molecular flexibility index (Phi) is 4.37. The number of hydrogen-bond donors (Lipinski definition) is 1. The molecule has 1 saturated heterocycles. The number of carbonyl (C=O) groups excluding carboxylic acids is 1. The lowest BCUT2D eigenvalue weighted by Crippen LogP contribution is -2.46. The van der Waals surface area contributed by atoms with Crippen molar-refractivity contribution in [1.29, 1.82) is 0 Å². The molecule has 1 atom stereocenters. The Hall–Kier alpha value is -2.45. The van der Waals surface area contributed by atoms with Gasteiger partial charge < -0.3 is 19.7 Å². The fraction of sp³-hybridized carbons (Fsp3) is 0.471. The average Bonchev–Trinajstić information content (AvgIpc) is 3.11. The summed E-state index contributed by atoms with van der Waals surface area (Å²) in [6, 6.07) is 7.79. The minimum absolute atomic E-state index is 0.0609. The predicted octanol–water partition coefficient (Wildman–Crippen LogP) is 0.604. The summed E-state index contributed by atoms with van der Waals surface area (Å²) >= 11 is 0. The monoisotopic (exact) mass is 343 g/mol. The van der Waals surface area contributed by atoms with Crippen molar-refractivity contribution in [3.63, 3.8) is 0 Å². The van der Waals surface area contributed by atoms with E-state index in [0.717, 1.165) is 30.1 Å². The van der Waals surface area contributed by atoms with Gasteiger partial charge in [-0.2, -0.15) is 0 Å². The molecule has 1 N–H and O–H groups in total. The van der Waals surface area contributed by atoms with Crippen LogP contribution in [0.4, 0.5) is 0 Å². The number of nitrogens with one attached hydrogen (secondary N) is 1. The van der Waals surface area contributed by atoms with Crippen molar-refractivity contribution in [2.24, 2.45) is 0 Å². The number of piperazine rings is 1. The highest BCUT2D eigenvalue weighted by Gasteiger charge is 2.30. The van der Waals surface area contributed by atoms with Crippen LogP contribution in [0.3, 0.4) is 0 Å². The highest BCUT2D eigenvalue weighted by atomic mass is 16.5. The number of methoxy groups -OCH3 is 1. The molecule has 1 fully saturated rings. The number of amides is 1. The lowest BCUT2D eigenvalue weighted by Gasteiger charge is -2.28. The van der Waals surface area contributed by atoms with Crippen molar-refractivity contribution < 1.29 is 14.3 Å². The summed E-state index contributed by atoms with van der Waals surface area (Å²) in [7, 11) is 1.64. The van der Waals surface area contributed by atoms with Crippen molar-refractivity contribution in [2.45, 2.75) is 19.3 Å². The van der Waals surface area contributed by atoms with Gasteiger partial charge in [0.1, 0.15) is 11.9 Å². The molecule has 132 valence electrons. The molecule has 0 bridgehead atoms. The van der Waals surface area contributed by atoms with Crippen molar-refractivity contribution in [2.75, 3.05) is 33.3 Å². The van der Waals surface area contributed by atoms with Gasteiger partial charge in [-0.3, -0.25) is 4.79 Å². The van der Waals surface area contributed by atoms with E-state index in [1.807, 2.05) is 29.2 Å². The maximum atomic E-state index is 12.7. The van der Waals surface area contributed by atoms with Crippen LogP contribution >= 0.6 is 0 Å². The second kappa shape index (κ2) is 6.81. The van der Waals surface area contributed by atoms with E-state index in [9.17, 15) is 4.79 Å². The van der Waals surface area contributed by atoms with Crippen LogP contribution in [-0.4, -0.2) is 59.1 Å². The quantitative estimate of drug-likeness (QED) is 0.879. The summed E-state index contributed by atoms with van der Waals surface area (Å²) in [6.45, 7) is 3.89. The molecular formula is C17H21N5O3. The normalized spacial score (nSPS) is 20.2. The number of ether oxygens (including phenoxy) is 2. The molecule has 2 aliphatic heterocycles. The van der Waals surface area contributed by atoms with E-state index >= 15 is 0 Å². The minimum atomic E-state index is -0.109. The molecule has 8 heteroatoms. The first-order chi connectivity index (χ1) is 12.3. The van der Waals surface area contributed by atoms with E-state index < -0.39 is 0 Å². The smallest absolute Gasteiger partial charge is 0.276 e. The van der Waals surface area contributed by atoms with Gasteiger partial charge in [-0.1, -0.05) is 17.3 Å². The SMILES string of the molecule is COc1ccc([C@@H]2Cn3nnc(C(=O)N4CCNCC4)c3CO2)cc1. The average molecular weight is 343 g/mol. The molecule has 0 saturated carbocycles. The van der Waals surface area contributed by atoms with Gasteiger partial charge in [0.05, 0.1) is 26.0 Å². The predicted molar refractivity (Wildman–Crippen MR) is 89.3 cm³/mol. The third-order valence-corrected chi connectivity index (χ3v) is 4.69. The first-order valence-electron chi connectivity index (χ1n) is 8.44.